The Morgan fingerprint density at radius 1 is 0.255 bits per heavy atom. The van der Waals surface area contributed by atoms with Gasteiger partial charge in [-0.2, -0.15) is 0 Å². The first-order valence-corrected chi connectivity index (χ1v) is 18.8. The highest BCUT2D eigenvalue weighted by Crippen LogP contribution is 2.37. The molecule has 10 aromatic rings. The first-order chi connectivity index (χ1) is 27.2. The van der Waals surface area contributed by atoms with E-state index in [1.165, 1.54) is 55.2 Å². The highest BCUT2D eigenvalue weighted by Gasteiger charge is 2.14. The molecule has 2 heterocycles. The van der Waals surface area contributed by atoms with Crippen molar-refractivity contribution in [2.45, 2.75) is 0 Å². The van der Waals surface area contributed by atoms with Gasteiger partial charge in [-0.1, -0.05) is 164 Å². The maximum Gasteiger partial charge on any atom is 0.0715 e. The largest absolute Gasteiger partial charge is 0.309 e. The summed E-state index contributed by atoms with van der Waals surface area (Å²) in [6.07, 6.45) is 0. The van der Waals surface area contributed by atoms with Gasteiger partial charge in [0.15, 0.2) is 0 Å². The standard InChI is InChI=1S/C53H36N2/c1-4-14-37(15-5-1)43-32-44(34-45(33-43)40-28-30-47(31-29-40)55-52-22-12-10-20-48(52)49-21-11-13-23-53(49)55)38-24-26-39(27-25-38)46-35-50(41-16-6-2-7-17-41)54-51(36-46)42-18-8-3-9-19-42/h1-36H. The topological polar surface area (TPSA) is 17.8 Å². The summed E-state index contributed by atoms with van der Waals surface area (Å²) in [6.45, 7) is 0. The molecule has 0 N–H and O–H groups in total. The Morgan fingerprint density at radius 3 is 1.02 bits per heavy atom. The summed E-state index contributed by atoms with van der Waals surface area (Å²) in [7, 11) is 0. The van der Waals surface area contributed by atoms with Crippen molar-refractivity contribution in [3.8, 4) is 72.7 Å². The van der Waals surface area contributed by atoms with Crippen LogP contribution in [0.3, 0.4) is 0 Å². The van der Waals surface area contributed by atoms with Crippen molar-refractivity contribution in [1.29, 1.82) is 0 Å². The van der Waals surface area contributed by atoms with Crippen LogP contribution in [-0.4, -0.2) is 9.55 Å². The molecule has 0 fully saturated rings. The van der Waals surface area contributed by atoms with Crippen LogP contribution >= 0.6 is 0 Å². The number of hydrogen-bond acceptors (Lipinski definition) is 1. The van der Waals surface area contributed by atoms with E-state index in [0.717, 1.165) is 39.3 Å². The van der Waals surface area contributed by atoms with Gasteiger partial charge in [0.25, 0.3) is 0 Å². The molecule has 0 bridgehead atoms. The van der Waals surface area contributed by atoms with E-state index >= 15 is 0 Å². The van der Waals surface area contributed by atoms with Crippen molar-refractivity contribution in [1.82, 2.24) is 9.55 Å². The number of aromatic nitrogens is 2. The van der Waals surface area contributed by atoms with E-state index in [9.17, 15) is 0 Å². The lowest BCUT2D eigenvalue weighted by molar-refractivity contribution is 1.18. The summed E-state index contributed by atoms with van der Waals surface area (Å²) in [6, 6.07) is 78.2. The third kappa shape index (κ3) is 6.20. The Hall–Kier alpha value is -7.29. The van der Waals surface area contributed by atoms with Gasteiger partial charge in [-0.25, -0.2) is 4.98 Å². The van der Waals surface area contributed by atoms with Crippen molar-refractivity contribution >= 4 is 21.8 Å². The molecule has 0 aliphatic heterocycles. The van der Waals surface area contributed by atoms with E-state index in [-0.39, 0.29) is 0 Å². The van der Waals surface area contributed by atoms with Crippen molar-refractivity contribution in [3.05, 3.63) is 218 Å². The average molecular weight is 701 g/mol. The van der Waals surface area contributed by atoms with Crippen molar-refractivity contribution in [2.75, 3.05) is 0 Å². The van der Waals surface area contributed by atoms with Gasteiger partial charge in [0.2, 0.25) is 0 Å². The van der Waals surface area contributed by atoms with E-state index in [1.54, 1.807) is 0 Å². The molecule has 0 saturated carbocycles. The summed E-state index contributed by atoms with van der Waals surface area (Å²) in [4.78, 5) is 5.09. The Morgan fingerprint density at radius 2 is 0.582 bits per heavy atom. The number of rotatable bonds is 7. The molecule has 0 aliphatic rings. The van der Waals surface area contributed by atoms with Crippen LogP contribution in [0.2, 0.25) is 0 Å². The van der Waals surface area contributed by atoms with Gasteiger partial charge in [0, 0.05) is 27.6 Å². The highest BCUT2D eigenvalue weighted by atomic mass is 15.0. The van der Waals surface area contributed by atoms with Gasteiger partial charge in [0.05, 0.1) is 22.4 Å². The molecule has 0 amide bonds. The summed E-state index contributed by atoms with van der Waals surface area (Å²) >= 11 is 0. The average Bonchev–Trinajstić information content (AvgIpc) is 3.61. The van der Waals surface area contributed by atoms with E-state index < -0.39 is 0 Å². The quantitative estimate of drug-likeness (QED) is 0.162. The first-order valence-electron chi connectivity index (χ1n) is 18.8. The first kappa shape index (κ1) is 32.4. The van der Waals surface area contributed by atoms with Gasteiger partial charge in [-0.3, -0.25) is 0 Å². The predicted molar refractivity (Wildman–Crippen MR) is 231 cm³/mol. The predicted octanol–water partition coefficient (Wildman–Crippen LogP) is 14.2. The third-order valence-electron chi connectivity index (χ3n) is 10.6. The third-order valence-corrected chi connectivity index (χ3v) is 10.6. The second-order valence-electron chi connectivity index (χ2n) is 14.0. The van der Waals surface area contributed by atoms with E-state index in [1.807, 2.05) is 12.1 Å². The SMILES string of the molecule is c1ccc(-c2cc(-c3ccc(-c4cc(-c5ccccc5)nc(-c5ccccc5)c4)cc3)cc(-c3ccc(-n4c5ccccc5c5ccccc54)cc3)c2)cc1. The maximum atomic E-state index is 5.09. The molecule has 2 aromatic heterocycles. The molecule has 8 aromatic carbocycles. The lowest BCUT2D eigenvalue weighted by Crippen LogP contribution is -1.93. The fourth-order valence-corrected chi connectivity index (χ4v) is 7.83. The van der Waals surface area contributed by atoms with Crippen LogP contribution in [0.1, 0.15) is 0 Å². The fourth-order valence-electron chi connectivity index (χ4n) is 7.83. The summed E-state index contributed by atoms with van der Waals surface area (Å²) in [5.74, 6) is 0. The molecule has 2 heteroatoms. The lowest BCUT2D eigenvalue weighted by atomic mass is 9.92. The van der Waals surface area contributed by atoms with Crippen LogP contribution in [0, 0.1) is 0 Å². The van der Waals surface area contributed by atoms with Gasteiger partial charge in [0.1, 0.15) is 0 Å². The Labute approximate surface area is 321 Å². The van der Waals surface area contributed by atoms with Gasteiger partial charge >= 0.3 is 0 Å². The smallest absolute Gasteiger partial charge is 0.0715 e. The molecule has 0 unspecified atom stereocenters. The Kier molecular flexibility index (Phi) is 8.20. The molecular weight excluding hydrogens is 665 g/mol. The molecule has 258 valence electrons. The van der Waals surface area contributed by atoms with E-state index in [0.29, 0.717) is 0 Å². The number of pyridine rings is 1. The van der Waals surface area contributed by atoms with E-state index in [4.69, 9.17) is 4.98 Å². The number of hydrogen-bond donors (Lipinski definition) is 0. The molecular formula is C53H36N2. The molecule has 0 saturated heterocycles. The second-order valence-corrected chi connectivity index (χ2v) is 14.0. The summed E-state index contributed by atoms with van der Waals surface area (Å²) in [5.41, 5.74) is 17.1. The molecule has 10 rings (SSSR count). The number of fused-ring (bicyclic) bond motifs is 3. The summed E-state index contributed by atoms with van der Waals surface area (Å²) < 4.78 is 2.37. The van der Waals surface area contributed by atoms with Gasteiger partial charge in [-0.05, 0) is 99.1 Å². The molecule has 0 atom stereocenters. The van der Waals surface area contributed by atoms with Crippen LogP contribution in [0.4, 0.5) is 0 Å². The maximum absolute atomic E-state index is 5.09. The minimum Gasteiger partial charge on any atom is -0.309 e. The molecule has 0 spiro atoms. The molecule has 2 nitrogen and oxygen atoms in total. The Balaban J connectivity index is 1.04. The fraction of sp³-hybridized carbons (Fsp3) is 0. The van der Waals surface area contributed by atoms with Crippen LogP contribution < -0.4 is 0 Å². The number of para-hydroxylation sites is 2. The van der Waals surface area contributed by atoms with Crippen LogP contribution in [0.5, 0.6) is 0 Å². The van der Waals surface area contributed by atoms with Crippen molar-refractivity contribution in [2.24, 2.45) is 0 Å². The van der Waals surface area contributed by atoms with Gasteiger partial charge in [-0.15, -0.1) is 0 Å². The zero-order valence-corrected chi connectivity index (χ0v) is 30.2. The minimum atomic E-state index is 0.963. The molecule has 55 heavy (non-hydrogen) atoms. The highest BCUT2D eigenvalue weighted by molar-refractivity contribution is 6.09. The molecule has 0 aliphatic carbocycles. The van der Waals surface area contributed by atoms with E-state index in [2.05, 4.69) is 211 Å². The number of benzene rings is 8. The van der Waals surface area contributed by atoms with Crippen molar-refractivity contribution < 1.29 is 0 Å². The number of nitrogens with zero attached hydrogens (tertiary/aromatic N) is 2. The summed E-state index contributed by atoms with van der Waals surface area (Å²) in [5, 5.41) is 2.54. The minimum absolute atomic E-state index is 0.963. The monoisotopic (exact) mass is 700 g/mol. The Bertz CT molecular complexity index is 2810. The van der Waals surface area contributed by atoms with Gasteiger partial charge < -0.3 is 4.57 Å². The van der Waals surface area contributed by atoms with Crippen LogP contribution in [0.15, 0.2) is 218 Å². The van der Waals surface area contributed by atoms with Crippen LogP contribution in [0.25, 0.3) is 94.5 Å². The van der Waals surface area contributed by atoms with Crippen LogP contribution in [-0.2, 0) is 0 Å². The lowest BCUT2D eigenvalue weighted by Gasteiger charge is -2.14. The second kappa shape index (κ2) is 13.9. The zero-order valence-electron chi connectivity index (χ0n) is 30.2. The zero-order chi connectivity index (χ0) is 36.6. The van der Waals surface area contributed by atoms with Crippen molar-refractivity contribution in [3.63, 3.8) is 0 Å². The molecule has 0 radical (unpaired) electrons. The normalized spacial score (nSPS) is 11.3.